The van der Waals surface area contributed by atoms with E-state index in [-0.39, 0.29) is 11.3 Å². The molecule has 2 heterocycles. The average molecular weight is 472 g/mol. The van der Waals surface area contributed by atoms with Crippen molar-refractivity contribution in [2.45, 2.75) is 32.7 Å². The first-order valence-electron chi connectivity index (χ1n) is 11.7. The Morgan fingerprint density at radius 1 is 1.24 bits per heavy atom. The van der Waals surface area contributed by atoms with Crippen molar-refractivity contribution in [3.05, 3.63) is 59.3 Å². The Kier molecular flexibility index (Phi) is 8.39. The lowest BCUT2D eigenvalue weighted by molar-refractivity contribution is -0.858. The van der Waals surface area contributed by atoms with Crippen LogP contribution in [-0.2, 0) is 4.79 Å². The fraction of sp³-hybridized carbons (Fsp3) is 0.462. The van der Waals surface area contributed by atoms with Gasteiger partial charge in [0, 0.05) is 13.0 Å². The number of aliphatic hydroxyl groups is 1. The monoisotopic (exact) mass is 471 g/mol. The second-order valence-electron chi connectivity index (χ2n) is 9.22. The summed E-state index contributed by atoms with van der Waals surface area (Å²) in [6, 6.07) is 7.71. The molecular formula is C26H35N2O6+. The van der Waals surface area contributed by atoms with Gasteiger partial charge in [-0.25, -0.2) is 0 Å². The van der Waals surface area contributed by atoms with Crippen LogP contribution in [0.2, 0.25) is 0 Å². The number of benzene rings is 1. The van der Waals surface area contributed by atoms with Crippen LogP contribution in [0.1, 0.15) is 48.8 Å². The topological polar surface area (TPSA) is 93.7 Å². The minimum atomic E-state index is -0.763. The molecule has 8 heteroatoms. The number of rotatable bonds is 12. The van der Waals surface area contributed by atoms with E-state index in [1.807, 2.05) is 20.2 Å². The van der Waals surface area contributed by atoms with Gasteiger partial charge in [-0.15, -0.1) is 0 Å². The van der Waals surface area contributed by atoms with Gasteiger partial charge in [0.25, 0.3) is 5.91 Å². The highest BCUT2D eigenvalue weighted by atomic mass is 16.5. The number of carbonyl (C=O) groups excluding carboxylic acids is 2. The van der Waals surface area contributed by atoms with Crippen molar-refractivity contribution >= 4 is 11.7 Å². The highest BCUT2D eigenvalue weighted by molar-refractivity contribution is 6.15. The van der Waals surface area contributed by atoms with Gasteiger partial charge in [-0.2, -0.15) is 0 Å². The van der Waals surface area contributed by atoms with Crippen LogP contribution in [-0.4, -0.2) is 62.6 Å². The van der Waals surface area contributed by atoms with E-state index in [4.69, 9.17) is 13.9 Å². The van der Waals surface area contributed by atoms with Crippen molar-refractivity contribution in [3.63, 3.8) is 0 Å². The molecule has 184 valence electrons. The number of methoxy groups -OCH3 is 1. The molecule has 3 rings (SSSR count). The van der Waals surface area contributed by atoms with E-state index in [2.05, 4.69) is 13.8 Å². The molecule has 2 N–H and O–H groups in total. The van der Waals surface area contributed by atoms with Gasteiger partial charge in [-0.05, 0) is 42.2 Å². The summed E-state index contributed by atoms with van der Waals surface area (Å²) in [5.74, 6) is 0.0475. The molecule has 1 aromatic heterocycles. The summed E-state index contributed by atoms with van der Waals surface area (Å²) >= 11 is 0. The van der Waals surface area contributed by atoms with Crippen molar-refractivity contribution in [2.75, 3.05) is 40.9 Å². The minimum absolute atomic E-state index is 0.00711. The number of nitrogens with one attached hydrogen (secondary N) is 1. The molecule has 0 saturated heterocycles. The highest BCUT2D eigenvalue weighted by Crippen LogP contribution is 2.41. The van der Waals surface area contributed by atoms with E-state index in [1.54, 1.807) is 30.2 Å². The lowest BCUT2D eigenvalue weighted by Crippen LogP contribution is -3.05. The highest BCUT2D eigenvalue weighted by Gasteiger charge is 2.44. The summed E-state index contributed by atoms with van der Waals surface area (Å²) in [5, 5.41) is 10.8. The standard InChI is InChI=1S/C26H34N2O6/c1-17(2)11-15-34-19-10-9-18(16-21(19)32-5)23-22(24(29)20-8-6-14-33-20)25(30)26(31)28(23)13-7-12-27(3)4/h6,8-10,14,16-17,23,30H,7,11-13,15H2,1-5H3/p+1/t23-/m1/s1. The maximum absolute atomic E-state index is 13.3. The number of furan rings is 1. The van der Waals surface area contributed by atoms with Gasteiger partial charge < -0.3 is 28.8 Å². The Morgan fingerprint density at radius 3 is 2.62 bits per heavy atom. The number of ether oxygens (including phenoxy) is 2. The molecule has 1 atom stereocenters. The summed E-state index contributed by atoms with van der Waals surface area (Å²) in [5.41, 5.74) is 0.658. The van der Waals surface area contributed by atoms with Crippen LogP contribution < -0.4 is 14.4 Å². The number of hydrogen-bond acceptors (Lipinski definition) is 6. The lowest BCUT2D eigenvalue weighted by atomic mass is 9.94. The summed E-state index contributed by atoms with van der Waals surface area (Å²) in [4.78, 5) is 29.1. The number of nitrogens with zero attached hydrogens (tertiary/aromatic N) is 1. The summed E-state index contributed by atoms with van der Waals surface area (Å²) in [7, 11) is 5.62. The first-order valence-corrected chi connectivity index (χ1v) is 11.7. The Bertz CT molecular complexity index is 1030. The van der Waals surface area contributed by atoms with Crippen molar-refractivity contribution in [3.8, 4) is 11.5 Å². The Hall–Kier alpha value is -3.26. The molecule has 0 aliphatic carbocycles. The molecule has 0 bridgehead atoms. The number of ketones is 1. The molecule has 0 fully saturated rings. The van der Waals surface area contributed by atoms with E-state index in [9.17, 15) is 14.7 Å². The molecule has 1 aromatic carbocycles. The Balaban J connectivity index is 1.98. The quantitative estimate of drug-likeness (QED) is 0.463. The van der Waals surface area contributed by atoms with Gasteiger partial charge in [0.1, 0.15) is 0 Å². The van der Waals surface area contributed by atoms with Gasteiger partial charge in [0.2, 0.25) is 5.78 Å². The molecule has 1 amide bonds. The van der Waals surface area contributed by atoms with Crippen LogP contribution >= 0.6 is 0 Å². The molecule has 0 radical (unpaired) electrons. The van der Waals surface area contributed by atoms with Crippen LogP contribution in [0.4, 0.5) is 0 Å². The summed E-state index contributed by atoms with van der Waals surface area (Å²) in [6.07, 6.45) is 3.01. The third-order valence-electron chi connectivity index (χ3n) is 5.83. The van der Waals surface area contributed by atoms with Gasteiger partial charge in [-0.3, -0.25) is 9.59 Å². The van der Waals surface area contributed by atoms with E-state index < -0.39 is 23.5 Å². The Labute approximate surface area is 200 Å². The summed E-state index contributed by atoms with van der Waals surface area (Å²) < 4.78 is 16.7. The molecule has 0 spiro atoms. The molecule has 1 aliphatic rings. The maximum atomic E-state index is 13.3. The smallest absolute Gasteiger partial charge is 0.290 e. The van der Waals surface area contributed by atoms with Crippen LogP contribution in [0.15, 0.2) is 52.3 Å². The van der Waals surface area contributed by atoms with Crippen LogP contribution in [0.25, 0.3) is 0 Å². The Morgan fingerprint density at radius 2 is 2.00 bits per heavy atom. The van der Waals surface area contributed by atoms with E-state index in [0.717, 1.165) is 13.0 Å². The number of Topliss-reactive ketones (excluding diaryl/α,β-unsaturated/α-hetero) is 1. The minimum Gasteiger partial charge on any atom is -0.503 e. The zero-order valence-corrected chi connectivity index (χ0v) is 20.6. The fourth-order valence-electron chi connectivity index (χ4n) is 3.98. The molecular weight excluding hydrogens is 436 g/mol. The van der Waals surface area contributed by atoms with Crippen LogP contribution in [0.3, 0.4) is 0 Å². The normalized spacial score (nSPS) is 16.1. The number of aliphatic hydroxyl groups excluding tert-OH is 1. The van der Waals surface area contributed by atoms with E-state index >= 15 is 0 Å². The predicted molar refractivity (Wildman–Crippen MR) is 127 cm³/mol. The SMILES string of the molecule is COc1cc([C@@H]2C(C(=O)c3ccco3)=C(O)C(=O)N2CCC[NH+](C)C)ccc1OCCC(C)C. The molecule has 8 nitrogen and oxygen atoms in total. The molecule has 0 unspecified atom stereocenters. The third kappa shape index (κ3) is 5.62. The van der Waals surface area contributed by atoms with Crippen LogP contribution in [0, 0.1) is 5.92 Å². The van der Waals surface area contributed by atoms with Crippen LogP contribution in [0.5, 0.6) is 11.5 Å². The second-order valence-corrected chi connectivity index (χ2v) is 9.22. The van der Waals surface area contributed by atoms with Gasteiger partial charge in [0.15, 0.2) is 23.0 Å². The zero-order valence-electron chi connectivity index (χ0n) is 20.6. The third-order valence-corrected chi connectivity index (χ3v) is 5.83. The largest absolute Gasteiger partial charge is 0.503 e. The van der Waals surface area contributed by atoms with Crippen molar-refractivity contribution in [1.29, 1.82) is 0 Å². The number of amides is 1. The maximum Gasteiger partial charge on any atom is 0.290 e. The second kappa shape index (κ2) is 11.2. The predicted octanol–water partition coefficient (Wildman–Crippen LogP) is 2.83. The number of hydrogen-bond donors (Lipinski definition) is 2. The van der Waals surface area contributed by atoms with E-state index in [1.165, 1.54) is 17.2 Å². The molecule has 34 heavy (non-hydrogen) atoms. The number of carbonyl (C=O) groups is 2. The van der Waals surface area contributed by atoms with Gasteiger partial charge in [0.05, 0.1) is 52.2 Å². The summed E-state index contributed by atoms with van der Waals surface area (Å²) in [6.45, 7) is 6.04. The van der Waals surface area contributed by atoms with Gasteiger partial charge in [-0.1, -0.05) is 19.9 Å². The average Bonchev–Trinajstić information content (AvgIpc) is 3.41. The lowest BCUT2D eigenvalue weighted by Gasteiger charge is -2.27. The van der Waals surface area contributed by atoms with E-state index in [0.29, 0.717) is 42.6 Å². The van der Waals surface area contributed by atoms with Crippen molar-refractivity contribution in [1.82, 2.24) is 4.90 Å². The first-order chi connectivity index (χ1) is 16.2. The zero-order chi connectivity index (χ0) is 24.8. The fourth-order valence-corrected chi connectivity index (χ4v) is 3.98. The molecule has 0 saturated carbocycles. The van der Waals surface area contributed by atoms with Crippen molar-refractivity contribution < 1.29 is 33.5 Å². The molecule has 1 aliphatic heterocycles. The van der Waals surface area contributed by atoms with Crippen molar-refractivity contribution in [2.24, 2.45) is 5.92 Å². The number of quaternary nitrogens is 1. The molecule has 2 aromatic rings. The van der Waals surface area contributed by atoms with Gasteiger partial charge >= 0.3 is 0 Å². The first kappa shape index (κ1) is 25.4.